The van der Waals surface area contributed by atoms with Crippen LogP contribution in [0.25, 0.3) is 10.8 Å². The summed E-state index contributed by atoms with van der Waals surface area (Å²) < 4.78 is 5.56. The van der Waals surface area contributed by atoms with Gasteiger partial charge in [-0.05, 0) is 164 Å². The zero-order valence-electron chi connectivity index (χ0n) is 38.9. The minimum atomic E-state index is -1.16. The molecule has 5 aliphatic carbocycles. The van der Waals surface area contributed by atoms with Crippen LogP contribution >= 0.6 is 0 Å². The molecule has 9 nitrogen and oxygen atoms in total. The number of hydrogen-bond acceptors (Lipinski definition) is 9. The molecule has 3 aromatic rings. The van der Waals surface area contributed by atoms with Gasteiger partial charge in [-0.3, -0.25) is 9.59 Å². The lowest BCUT2D eigenvalue weighted by Gasteiger charge is -2.61. The van der Waals surface area contributed by atoms with Crippen molar-refractivity contribution >= 4 is 22.3 Å². The summed E-state index contributed by atoms with van der Waals surface area (Å²) in [5.74, 6) is 10.7. The number of carbonyl (C=O) groups is 2. The Bertz CT molecular complexity index is 2440. The lowest BCUT2D eigenvalue weighted by atomic mass is 9.51. The van der Waals surface area contributed by atoms with E-state index in [1.807, 2.05) is 24.3 Å². The topological polar surface area (TPSA) is 154 Å². The average Bonchev–Trinajstić information content (AvgIpc) is 3.37. The summed E-state index contributed by atoms with van der Waals surface area (Å²) in [4.78, 5) is 27.3. The summed E-state index contributed by atoms with van der Waals surface area (Å²) >= 11 is 0. The third-order valence-corrected chi connectivity index (χ3v) is 18.1. The maximum atomic E-state index is 14.6. The van der Waals surface area contributed by atoms with E-state index in [9.17, 15) is 24.9 Å². The number of phenols is 1. The number of ketones is 2. The summed E-state index contributed by atoms with van der Waals surface area (Å²) in [7, 11) is 1.53. The third kappa shape index (κ3) is 8.72. The number of fused-ring (bicyclic) bond motifs is 6. The third-order valence-electron chi connectivity index (χ3n) is 18.1. The van der Waals surface area contributed by atoms with Crippen molar-refractivity contribution in [3.8, 4) is 23.3 Å². The molecular formula is C57H71N3O6. The highest BCUT2D eigenvalue weighted by Gasteiger charge is 2.57. The first-order valence-electron chi connectivity index (χ1n) is 25.5. The van der Waals surface area contributed by atoms with Crippen LogP contribution < -0.4 is 21.1 Å². The first-order valence-corrected chi connectivity index (χ1v) is 25.5. The number of ether oxygens (including phenoxy) is 1. The van der Waals surface area contributed by atoms with Gasteiger partial charge >= 0.3 is 0 Å². The highest BCUT2D eigenvalue weighted by atomic mass is 16.5. The van der Waals surface area contributed by atoms with Crippen LogP contribution in [0.5, 0.6) is 11.5 Å². The normalized spacial score (nSPS) is 32.7. The molecule has 350 valence electrons. The molecule has 3 aromatic carbocycles. The number of methoxy groups -OCH3 is 1. The highest BCUT2D eigenvalue weighted by Crippen LogP contribution is 2.57. The Kier molecular flexibility index (Phi) is 12.9. The quantitative estimate of drug-likeness (QED) is 0.116. The zero-order chi connectivity index (χ0) is 45.6. The number of benzene rings is 3. The van der Waals surface area contributed by atoms with E-state index in [0.717, 1.165) is 58.7 Å². The van der Waals surface area contributed by atoms with Crippen LogP contribution in [0.15, 0.2) is 78.1 Å². The lowest BCUT2D eigenvalue weighted by molar-refractivity contribution is -0.136. The number of hydrogen-bond donors (Lipinski definition) is 6. The second-order valence-electron chi connectivity index (χ2n) is 21.6. The summed E-state index contributed by atoms with van der Waals surface area (Å²) in [6, 6.07) is 18.7. The van der Waals surface area contributed by atoms with E-state index in [2.05, 4.69) is 58.9 Å². The van der Waals surface area contributed by atoms with Gasteiger partial charge in [-0.25, -0.2) is 0 Å². The van der Waals surface area contributed by atoms with Crippen LogP contribution in [0.4, 0.5) is 0 Å². The highest BCUT2D eigenvalue weighted by molar-refractivity contribution is 5.89. The van der Waals surface area contributed by atoms with Crippen molar-refractivity contribution in [2.24, 2.45) is 40.7 Å². The number of allylic oxidation sites excluding steroid dienone is 2. The predicted molar refractivity (Wildman–Crippen MR) is 259 cm³/mol. The maximum Gasteiger partial charge on any atom is 0.160 e. The number of phenolic OH excluding ortho intramolecular Hbond substituents is 1. The van der Waals surface area contributed by atoms with Crippen LogP contribution in [0.3, 0.4) is 0 Å². The molecule has 2 spiro atoms. The molecule has 0 bridgehead atoms. The van der Waals surface area contributed by atoms with Gasteiger partial charge in [0.05, 0.1) is 25.1 Å². The fourth-order valence-electron chi connectivity index (χ4n) is 14.6. The first kappa shape index (κ1) is 45.2. The standard InChI is InChI=1S/C57H71N3O6/c1-66-52-29-41-13-18-53(64)56(25-20-39(30-54(56)65)38-12-16-45-46-17-15-44(62)33-50(46)60-57(49(45)28-38)22-5-2-6-23-57)24-19-36(48(41)34-51(52)63)11-14-43(61)32-47(42-21-26-59-55(58)31-42)40-10-9-35-7-3-4-8-37(35)27-40/h3-4,7-10,21,27,29,31,34,36,38-39,43,45-47,49-50,54,59-61,63,65H,2,5-6,11-18,20,22-23,25-26,28,30,32-33,58H2,1H3. The van der Waals surface area contributed by atoms with Crippen molar-refractivity contribution in [2.75, 3.05) is 13.7 Å². The van der Waals surface area contributed by atoms with E-state index in [0.29, 0.717) is 104 Å². The van der Waals surface area contributed by atoms with E-state index < -0.39 is 17.6 Å². The monoisotopic (exact) mass is 894 g/mol. The molecule has 0 amide bonds. The molecule has 10 rings (SSSR count). The van der Waals surface area contributed by atoms with Gasteiger partial charge in [0.1, 0.15) is 11.2 Å². The van der Waals surface area contributed by atoms with Crippen LogP contribution in [-0.2, 0) is 16.0 Å². The Morgan fingerprint density at radius 3 is 2.53 bits per heavy atom. The van der Waals surface area contributed by atoms with Gasteiger partial charge in [0.15, 0.2) is 17.3 Å². The largest absolute Gasteiger partial charge is 0.504 e. The van der Waals surface area contributed by atoms with Gasteiger partial charge in [-0.1, -0.05) is 79.6 Å². The van der Waals surface area contributed by atoms with Crippen molar-refractivity contribution in [2.45, 2.75) is 158 Å². The lowest BCUT2D eigenvalue weighted by Crippen LogP contribution is -2.68. The minimum absolute atomic E-state index is 0.000313. The molecule has 7 aliphatic rings. The first-order chi connectivity index (χ1) is 32.0. The molecule has 4 saturated carbocycles. The van der Waals surface area contributed by atoms with Gasteiger partial charge < -0.3 is 36.4 Å². The van der Waals surface area contributed by atoms with E-state index in [1.54, 1.807) is 6.07 Å². The van der Waals surface area contributed by atoms with Crippen molar-refractivity contribution in [1.82, 2.24) is 10.6 Å². The molecule has 0 aromatic heterocycles. The van der Waals surface area contributed by atoms with Crippen LogP contribution in [0, 0.1) is 46.8 Å². The van der Waals surface area contributed by atoms with Crippen molar-refractivity contribution in [1.29, 1.82) is 0 Å². The SMILES string of the molecule is COc1cc2c(cc1O)C(CCC(O)CC(C1=CCNC(N)=C1)c1ccc3ccccc3c1)C#CC1(CCC(C3CCC4C5CCC(=O)CC5NC5(CCCCC5)C4C3)CC1O)C(=O)CC2. The molecule has 11 atom stereocenters. The number of dihydropyridines is 1. The number of aliphatic hydroxyl groups excluding tert-OH is 2. The summed E-state index contributed by atoms with van der Waals surface area (Å²) in [5.41, 5.74) is 9.19. The Morgan fingerprint density at radius 2 is 1.73 bits per heavy atom. The van der Waals surface area contributed by atoms with Crippen molar-refractivity contribution in [3.63, 3.8) is 0 Å². The smallest absolute Gasteiger partial charge is 0.160 e. The van der Waals surface area contributed by atoms with E-state index >= 15 is 0 Å². The van der Waals surface area contributed by atoms with Crippen LogP contribution in [0.2, 0.25) is 0 Å². The molecule has 5 fully saturated rings. The average molecular weight is 894 g/mol. The summed E-state index contributed by atoms with van der Waals surface area (Å²) in [6.45, 7) is 0.622. The van der Waals surface area contributed by atoms with Crippen molar-refractivity contribution < 1.29 is 29.6 Å². The van der Waals surface area contributed by atoms with Gasteiger partial charge in [0.25, 0.3) is 0 Å². The van der Waals surface area contributed by atoms with Gasteiger partial charge in [0.2, 0.25) is 0 Å². The molecule has 66 heavy (non-hydrogen) atoms. The molecule has 11 unspecified atom stereocenters. The minimum Gasteiger partial charge on any atom is -0.504 e. The summed E-state index contributed by atoms with van der Waals surface area (Å²) in [5, 5.41) is 45.2. The number of aromatic hydroxyl groups is 1. The van der Waals surface area contributed by atoms with Crippen LogP contribution in [0.1, 0.15) is 144 Å². The molecule has 2 aliphatic heterocycles. The van der Waals surface area contributed by atoms with Gasteiger partial charge in [0, 0.05) is 49.2 Å². The number of Topliss-reactive ketones (excluding diaryl/α,β-unsaturated/α-hetero) is 2. The fourth-order valence-corrected chi connectivity index (χ4v) is 14.6. The maximum absolute atomic E-state index is 14.6. The molecule has 1 saturated heterocycles. The summed E-state index contributed by atoms with van der Waals surface area (Å²) in [6.07, 6.45) is 18.9. The number of aliphatic hydroxyl groups is 2. The molecule has 0 radical (unpaired) electrons. The Balaban J connectivity index is 0.889. The predicted octanol–water partition coefficient (Wildman–Crippen LogP) is 9.02. The number of nitrogens with two attached hydrogens (primary N) is 1. The van der Waals surface area contributed by atoms with Crippen LogP contribution in [-0.4, -0.2) is 64.3 Å². The fraction of sp³-hybridized carbons (Fsp3) is 0.579. The Hall–Kier alpha value is -4.62. The zero-order valence-corrected chi connectivity index (χ0v) is 38.9. The Morgan fingerprint density at radius 1 is 0.909 bits per heavy atom. The van der Waals surface area contributed by atoms with Gasteiger partial charge in [-0.15, -0.1) is 0 Å². The number of aryl methyl sites for hydroxylation is 1. The Labute approximate surface area is 391 Å². The van der Waals surface area contributed by atoms with E-state index in [-0.39, 0.29) is 35.3 Å². The molecular weight excluding hydrogens is 823 g/mol. The number of rotatable bonds is 9. The number of piperidine rings is 1. The second kappa shape index (κ2) is 18.8. The molecule has 2 heterocycles. The molecule has 9 heteroatoms. The van der Waals surface area contributed by atoms with E-state index in [4.69, 9.17) is 10.5 Å². The van der Waals surface area contributed by atoms with E-state index in [1.165, 1.54) is 52.1 Å². The van der Waals surface area contributed by atoms with Gasteiger partial charge in [-0.2, -0.15) is 0 Å². The second-order valence-corrected chi connectivity index (χ2v) is 21.6. The molecule has 7 N–H and O–H groups in total. The van der Waals surface area contributed by atoms with Crippen molar-refractivity contribution in [3.05, 3.63) is 94.8 Å². The number of nitrogens with one attached hydrogen (secondary N) is 2. The number of carbonyl (C=O) groups excluding carboxylic acids is 2.